The molecule has 6 heteroatoms. The van der Waals surface area contributed by atoms with Gasteiger partial charge in [-0.3, -0.25) is 4.98 Å². The fourth-order valence-corrected chi connectivity index (χ4v) is 2.51. The molecule has 0 bridgehead atoms. The number of rotatable bonds is 2. The van der Waals surface area contributed by atoms with E-state index in [2.05, 4.69) is 15.0 Å². The fourth-order valence-electron chi connectivity index (χ4n) is 2.22. The highest BCUT2D eigenvalue weighted by molar-refractivity contribution is 6.32. The van der Waals surface area contributed by atoms with E-state index in [1.165, 1.54) is 12.1 Å². The van der Waals surface area contributed by atoms with E-state index in [9.17, 15) is 4.39 Å². The molecule has 2 heterocycles. The lowest BCUT2D eigenvalue weighted by atomic mass is 10.0. The minimum atomic E-state index is -0.321. The number of aryl methyl sites for hydroxylation is 1. The summed E-state index contributed by atoms with van der Waals surface area (Å²) in [5, 5.41) is 0.248. The van der Waals surface area contributed by atoms with Crippen LogP contribution in [-0.4, -0.2) is 15.0 Å². The zero-order valence-corrected chi connectivity index (χ0v) is 12.5. The molecule has 0 unspecified atom stereocenters. The van der Waals surface area contributed by atoms with Crippen molar-refractivity contribution in [1.29, 1.82) is 0 Å². The number of pyridine rings is 1. The molecule has 0 aliphatic carbocycles. The van der Waals surface area contributed by atoms with Gasteiger partial charge in [-0.2, -0.15) is 0 Å². The lowest BCUT2D eigenvalue weighted by molar-refractivity contribution is 0.628. The van der Waals surface area contributed by atoms with Crippen LogP contribution >= 0.6 is 11.6 Å². The van der Waals surface area contributed by atoms with Crippen LogP contribution in [0.5, 0.6) is 0 Å². The molecule has 0 fully saturated rings. The van der Waals surface area contributed by atoms with Gasteiger partial charge in [0.1, 0.15) is 11.0 Å². The first-order chi connectivity index (χ1) is 10.5. The van der Waals surface area contributed by atoms with Gasteiger partial charge in [-0.1, -0.05) is 11.6 Å². The van der Waals surface area contributed by atoms with Crippen molar-refractivity contribution in [3.8, 4) is 22.4 Å². The third-order valence-electron chi connectivity index (χ3n) is 3.19. The normalized spacial score (nSPS) is 10.7. The number of nitrogen functional groups attached to an aromatic ring is 1. The van der Waals surface area contributed by atoms with E-state index in [0.717, 1.165) is 11.3 Å². The van der Waals surface area contributed by atoms with Gasteiger partial charge in [0.15, 0.2) is 0 Å². The monoisotopic (exact) mass is 314 g/mol. The van der Waals surface area contributed by atoms with Gasteiger partial charge in [0.2, 0.25) is 5.95 Å². The Balaban J connectivity index is 2.27. The highest BCUT2D eigenvalue weighted by Gasteiger charge is 2.16. The molecule has 0 aliphatic heterocycles. The Hall–Kier alpha value is -2.53. The summed E-state index contributed by atoms with van der Waals surface area (Å²) in [6, 6.07) is 9.69. The SMILES string of the molecule is Cc1cc(-c2c(Cl)nc(N)nc2-c2ccc(F)cc2)ccn1. The second-order valence-electron chi connectivity index (χ2n) is 4.79. The molecule has 0 atom stereocenters. The number of nitrogens with two attached hydrogens (primary N) is 1. The summed E-state index contributed by atoms with van der Waals surface area (Å²) >= 11 is 6.28. The number of halogens is 2. The third-order valence-corrected chi connectivity index (χ3v) is 3.46. The zero-order chi connectivity index (χ0) is 15.7. The van der Waals surface area contributed by atoms with Gasteiger partial charge in [-0.25, -0.2) is 14.4 Å². The summed E-state index contributed by atoms with van der Waals surface area (Å²) < 4.78 is 13.1. The van der Waals surface area contributed by atoms with Gasteiger partial charge in [-0.15, -0.1) is 0 Å². The summed E-state index contributed by atoms with van der Waals surface area (Å²) in [6.45, 7) is 1.88. The molecule has 2 N–H and O–H groups in total. The smallest absolute Gasteiger partial charge is 0.222 e. The number of hydrogen-bond donors (Lipinski definition) is 1. The van der Waals surface area contributed by atoms with E-state index < -0.39 is 0 Å². The van der Waals surface area contributed by atoms with E-state index in [-0.39, 0.29) is 16.9 Å². The standard InChI is InChI=1S/C16H12ClFN4/c1-9-8-11(6-7-20-9)13-14(21-16(19)22-15(13)17)10-2-4-12(18)5-3-10/h2-8H,1H3,(H2,19,21,22). The lowest BCUT2D eigenvalue weighted by Gasteiger charge is -2.12. The van der Waals surface area contributed by atoms with Crippen LogP contribution in [-0.2, 0) is 0 Å². The number of benzene rings is 1. The summed E-state index contributed by atoms with van der Waals surface area (Å²) in [4.78, 5) is 12.5. The first-order valence-corrected chi connectivity index (χ1v) is 6.94. The molecule has 3 rings (SSSR count). The zero-order valence-electron chi connectivity index (χ0n) is 11.7. The van der Waals surface area contributed by atoms with E-state index in [4.69, 9.17) is 17.3 Å². The Kier molecular flexibility index (Phi) is 3.73. The number of nitrogens with zero attached hydrogens (tertiary/aromatic N) is 3. The molecular formula is C16H12ClFN4. The van der Waals surface area contributed by atoms with Crippen molar-refractivity contribution in [2.75, 3.05) is 5.73 Å². The Labute approximate surface area is 131 Å². The van der Waals surface area contributed by atoms with Gasteiger partial charge in [-0.05, 0) is 48.9 Å². The first-order valence-electron chi connectivity index (χ1n) is 6.56. The maximum Gasteiger partial charge on any atom is 0.222 e. The molecule has 0 radical (unpaired) electrons. The average Bonchev–Trinajstić information content (AvgIpc) is 2.47. The molecule has 3 aromatic rings. The van der Waals surface area contributed by atoms with Crippen molar-refractivity contribution in [2.45, 2.75) is 6.92 Å². The molecular weight excluding hydrogens is 303 g/mol. The summed E-state index contributed by atoms with van der Waals surface area (Å²) in [7, 11) is 0. The van der Waals surface area contributed by atoms with Crippen LogP contribution in [0, 0.1) is 12.7 Å². The highest BCUT2D eigenvalue weighted by Crippen LogP contribution is 2.35. The molecule has 0 saturated carbocycles. The van der Waals surface area contributed by atoms with E-state index >= 15 is 0 Å². The van der Waals surface area contributed by atoms with Crippen LogP contribution in [0.25, 0.3) is 22.4 Å². The Morgan fingerprint density at radius 1 is 1.05 bits per heavy atom. The van der Waals surface area contributed by atoms with Gasteiger partial charge in [0.05, 0.1) is 5.69 Å². The minimum Gasteiger partial charge on any atom is -0.368 e. The minimum absolute atomic E-state index is 0.0684. The quantitative estimate of drug-likeness (QED) is 0.729. The molecule has 110 valence electrons. The molecule has 22 heavy (non-hydrogen) atoms. The summed E-state index contributed by atoms with van der Waals surface area (Å²) in [5.74, 6) is -0.253. The first kappa shape index (κ1) is 14.4. The summed E-state index contributed by atoms with van der Waals surface area (Å²) in [5.41, 5.74) is 9.30. The predicted molar refractivity (Wildman–Crippen MR) is 84.8 cm³/mol. The van der Waals surface area contributed by atoms with Crippen molar-refractivity contribution < 1.29 is 4.39 Å². The molecule has 0 spiro atoms. The Morgan fingerprint density at radius 3 is 2.45 bits per heavy atom. The van der Waals surface area contributed by atoms with Crippen molar-refractivity contribution >= 4 is 17.5 Å². The van der Waals surface area contributed by atoms with Crippen LogP contribution in [0.3, 0.4) is 0 Å². The number of hydrogen-bond acceptors (Lipinski definition) is 4. The van der Waals surface area contributed by atoms with Crippen LogP contribution in [0.1, 0.15) is 5.69 Å². The van der Waals surface area contributed by atoms with Crippen molar-refractivity contribution in [2.24, 2.45) is 0 Å². The molecule has 2 aromatic heterocycles. The van der Waals surface area contributed by atoms with Gasteiger partial charge >= 0.3 is 0 Å². The van der Waals surface area contributed by atoms with Gasteiger partial charge in [0, 0.05) is 23.0 Å². The summed E-state index contributed by atoms with van der Waals surface area (Å²) in [6.07, 6.45) is 1.69. The fraction of sp³-hybridized carbons (Fsp3) is 0.0625. The van der Waals surface area contributed by atoms with Gasteiger partial charge < -0.3 is 5.73 Å². The van der Waals surface area contributed by atoms with Crippen LogP contribution in [0.4, 0.5) is 10.3 Å². The van der Waals surface area contributed by atoms with Crippen LogP contribution < -0.4 is 5.73 Å². The maximum atomic E-state index is 13.1. The molecule has 4 nitrogen and oxygen atoms in total. The van der Waals surface area contributed by atoms with Gasteiger partial charge in [0.25, 0.3) is 0 Å². The number of anilines is 1. The predicted octanol–water partition coefficient (Wildman–Crippen LogP) is 3.89. The number of aromatic nitrogens is 3. The van der Waals surface area contributed by atoms with Crippen LogP contribution in [0.2, 0.25) is 5.15 Å². The molecule has 0 aliphatic rings. The Bertz CT molecular complexity index is 834. The maximum absolute atomic E-state index is 13.1. The van der Waals surface area contributed by atoms with E-state index in [0.29, 0.717) is 16.8 Å². The van der Waals surface area contributed by atoms with Crippen molar-refractivity contribution in [1.82, 2.24) is 15.0 Å². The van der Waals surface area contributed by atoms with Crippen molar-refractivity contribution in [3.63, 3.8) is 0 Å². The molecule has 1 aromatic carbocycles. The van der Waals surface area contributed by atoms with Crippen molar-refractivity contribution in [3.05, 3.63) is 59.3 Å². The highest BCUT2D eigenvalue weighted by atomic mass is 35.5. The van der Waals surface area contributed by atoms with E-state index in [1.807, 2.05) is 19.1 Å². The topological polar surface area (TPSA) is 64.7 Å². The van der Waals surface area contributed by atoms with Crippen LogP contribution in [0.15, 0.2) is 42.6 Å². The molecule has 0 saturated heterocycles. The second-order valence-corrected chi connectivity index (χ2v) is 5.15. The average molecular weight is 315 g/mol. The largest absolute Gasteiger partial charge is 0.368 e. The third kappa shape index (κ3) is 2.76. The Morgan fingerprint density at radius 2 is 1.77 bits per heavy atom. The molecule has 0 amide bonds. The second kappa shape index (κ2) is 5.69. The van der Waals surface area contributed by atoms with E-state index in [1.54, 1.807) is 18.3 Å². The lowest BCUT2D eigenvalue weighted by Crippen LogP contribution is -2.00.